The Balaban J connectivity index is 2.80. The summed E-state index contributed by atoms with van der Waals surface area (Å²) in [6, 6.07) is 4.86. The van der Waals surface area contributed by atoms with Crippen LogP contribution in [0.2, 0.25) is 0 Å². The van der Waals surface area contributed by atoms with Crippen molar-refractivity contribution in [2.75, 3.05) is 20.3 Å². The second-order valence-electron chi connectivity index (χ2n) is 4.72. The molecule has 0 aliphatic rings. The van der Waals surface area contributed by atoms with Gasteiger partial charge in [0, 0.05) is 7.11 Å². The topological polar surface area (TPSA) is 41.5 Å². The molecule has 2 N–H and O–H groups in total. The largest absolute Gasteiger partial charge is 0.416 e. The molecule has 0 amide bonds. The summed E-state index contributed by atoms with van der Waals surface area (Å²) in [4.78, 5) is 0. The van der Waals surface area contributed by atoms with Crippen LogP contribution in [0.3, 0.4) is 0 Å². The van der Waals surface area contributed by atoms with Crippen LogP contribution in [0, 0.1) is 0 Å². The molecule has 0 spiro atoms. The molecule has 0 heterocycles. The van der Waals surface area contributed by atoms with E-state index in [9.17, 15) is 18.3 Å². The van der Waals surface area contributed by atoms with Crippen LogP contribution in [-0.4, -0.2) is 31.5 Å². The van der Waals surface area contributed by atoms with Gasteiger partial charge in [-0.05, 0) is 37.6 Å². The van der Waals surface area contributed by atoms with E-state index >= 15 is 0 Å². The first-order chi connectivity index (χ1) is 9.34. The average Bonchev–Trinajstić information content (AvgIpc) is 2.36. The van der Waals surface area contributed by atoms with Crippen molar-refractivity contribution in [3.05, 3.63) is 35.4 Å². The Morgan fingerprint density at radius 3 is 2.60 bits per heavy atom. The zero-order valence-electron chi connectivity index (χ0n) is 11.6. The number of methoxy groups -OCH3 is 1. The molecule has 20 heavy (non-hydrogen) atoms. The van der Waals surface area contributed by atoms with Crippen LogP contribution in [0.25, 0.3) is 0 Å². The van der Waals surface area contributed by atoms with E-state index in [1.807, 2.05) is 0 Å². The maximum absolute atomic E-state index is 12.7. The molecule has 114 valence electrons. The molecule has 0 bridgehead atoms. The molecule has 1 aromatic rings. The molecule has 0 saturated carbocycles. The predicted octanol–water partition coefficient (Wildman–Crippen LogP) is 2.75. The number of aliphatic hydroxyl groups excluding tert-OH is 1. The van der Waals surface area contributed by atoms with E-state index in [-0.39, 0.29) is 12.6 Å². The lowest BCUT2D eigenvalue weighted by Gasteiger charge is -2.20. The van der Waals surface area contributed by atoms with Gasteiger partial charge in [0.15, 0.2) is 0 Å². The lowest BCUT2D eigenvalue weighted by molar-refractivity contribution is -0.137. The van der Waals surface area contributed by atoms with Gasteiger partial charge in [0.25, 0.3) is 0 Å². The van der Waals surface area contributed by atoms with E-state index in [2.05, 4.69) is 5.32 Å². The molecule has 0 saturated heterocycles. The summed E-state index contributed by atoms with van der Waals surface area (Å²) in [6.07, 6.45) is -4.28. The standard InChI is InChI=1S/C14H20F3NO2/c1-10(19)6-7-18-13(9-20-2)11-4-3-5-12(8-11)14(15,16)17/h3-5,8,10,13,18-19H,6-7,9H2,1-2H3. The highest BCUT2D eigenvalue weighted by molar-refractivity contribution is 5.28. The van der Waals surface area contributed by atoms with Gasteiger partial charge in [-0.3, -0.25) is 0 Å². The molecule has 0 aliphatic heterocycles. The van der Waals surface area contributed by atoms with E-state index in [1.165, 1.54) is 13.2 Å². The Labute approximate surface area is 116 Å². The van der Waals surface area contributed by atoms with Gasteiger partial charge in [-0.1, -0.05) is 12.1 Å². The number of alkyl halides is 3. The maximum atomic E-state index is 12.7. The second-order valence-corrected chi connectivity index (χ2v) is 4.72. The quantitative estimate of drug-likeness (QED) is 0.811. The van der Waals surface area contributed by atoms with Crippen LogP contribution < -0.4 is 5.32 Å². The van der Waals surface area contributed by atoms with Crippen LogP contribution in [-0.2, 0) is 10.9 Å². The Morgan fingerprint density at radius 1 is 1.35 bits per heavy atom. The molecule has 0 aliphatic carbocycles. The first-order valence-corrected chi connectivity index (χ1v) is 6.42. The van der Waals surface area contributed by atoms with Gasteiger partial charge < -0.3 is 15.2 Å². The normalized spacial score (nSPS) is 15.1. The molecule has 2 atom stereocenters. The fraction of sp³-hybridized carbons (Fsp3) is 0.571. The first-order valence-electron chi connectivity index (χ1n) is 6.42. The predicted molar refractivity (Wildman–Crippen MR) is 70.4 cm³/mol. The lowest BCUT2D eigenvalue weighted by atomic mass is 10.0. The summed E-state index contributed by atoms with van der Waals surface area (Å²) in [5.41, 5.74) is -0.152. The van der Waals surface area contributed by atoms with Gasteiger partial charge >= 0.3 is 6.18 Å². The Bertz CT molecular complexity index is 408. The number of hydrogen-bond donors (Lipinski definition) is 2. The van der Waals surface area contributed by atoms with Crippen molar-refractivity contribution in [2.45, 2.75) is 31.7 Å². The van der Waals surface area contributed by atoms with Crippen LogP contribution in [0.15, 0.2) is 24.3 Å². The smallest absolute Gasteiger partial charge is 0.393 e. The van der Waals surface area contributed by atoms with E-state index in [4.69, 9.17) is 4.74 Å². The van der Waals surface area contributed by atoms with Crippen molar-refractivity contribution in [1.29, 1.82) is 0 Å². The number of nitrogens with one attached hydrogen (secondary N) is 1. The SMILES string of the molecule is COCC(NCCC(C)O)c1cccc(C(F)(F)F)c1. The summed E-state index contributed by atoms with van der Waals surface area (Å²) >= 11 is 0. The second kappa shape index (κ2) is 7.61. The van der Waals surface area contributed by atoms with Crippen molar-refractivity contribution < 1.29 is 23.0 Å². The van der Waals surface area contributed by atoms with E-state index in [0.29, 0.717) is 18.5 Å². The van der Waals surface area contributed by atoms with Crippen LogP contribution in [0.4, 0.5) is 13.2 Å². The van der Waals surface area contributed by atoms with Gasteiger partial charge in [0.2, 0.25) is 0 Å². The molecule has 3 nitrogen and oxygen atoms in total. The van der Waals surface area contributed by atoms with Crippen LogP contribution in [0.1, 0.15) is 30.5 Å². The average molecular weight is 291 g/mol. The van der Waals surface area contributed by atoms with Gasteiger partial charge in [0.05, 0.1) is 24.3 Å². The summed E-state index contributed by atoms with van der Waals surface area (Å²) < 4.78 is 43.1. The van der Waals surface area contributed by atoms with Crippen molar-refractivity contribution in [3.8, 4) is 0 Å². The highest BCUT2D eigenvalue weighted by atomic mass is 19.4. The third-order valence-corrected chi connectivity index (χ3v) is 2.90. The van der Waals surface area contributed by atoms with Crippen LogP contribution >= 0.6 is 0 Å². The monoisotopic (exact) mass is 291 g/mol. The summed E-state index contributed by atoms with van der Waals surface area (Å²) in [5, 5.41) is 12.3. The van der Waals surface area contributed by atoms with E-state index in [1.54, 1.807) is 13.0 Å². The molecule has 6 heteroatoms. The first kappa shape index (κ1) is 16.9. The summed E-state index contributed by atoms with van der Waals surface area (Å²) in [6.45, 7) is 2.43. The molecule has 0 fully saturated rings. The zero-order chi connectivity index (χ0) is 15.2. The van der Waals surface area contributed by atoms with Crippen molar-refractivity contribution in [2.24, 2.45) is 0 Å². The Hall–Kier alpha value is -1.11. The third kappa shape index (κ3) is 5.48. The molecule has 0 radical (unpaired) electrons. The molecule has 0 aromatic heterocycles. The number of benzene rings is 1. The molecular formula is C14H20F3NO2. The highest BCUT2D eigenvalue weighted by Gasteiger charge is 2.30. The van der Waals surface area contributed by atoms with Gasteiger partial charge in [0.1, 0.15) is 0 Å². The van der Waals surface area contributed by atoms with Crippen molar-refractivity contribution in [3.63, 3.8) is 0 Å². The van der Waals surface area contributed by atoms with Crippen molar-refractivity contribution in [1.82, 2.24) is 5.32 Å². The molecule has 1 aromatic carbocycles. The number of rotatable bonds is 7. The Kier molecular flexibility index (Phi) is 6.45. The zero-order valence-corrected chi connectivity index (χ0v) is 11.6. The minimum absolute atomic E-state index is 0.265. The fourth-order valence-electron chi connectivity index (χ4n) is 1.84. The fourth-order valence-corrected chi connectivity index (χ4v) is 1.84. The van der Waals surface area contributed by atoms with Crippen LogP contribution in [0.5, 0.6) is 0 Å². The highest BCUT2D eigenvalue weighted by Crippen LogP contribution is 2.30. The Morgan fingerprint density at radius 2 is 2.05 bits per heavy atom. The van der Waals surface area contributed by atoms with E-state index in [0.717, 1.165) is 12.1 Å². The molecular weight excluding hydrogens is 271 g/mol. The maximum Gasteiger partial charge on any atom is 0.416 e. The number of halogens is 3. The van der Waals surface area contributed by atoms with Gasteiger partial charge in [-0.25, -0.2) is 0 Å². The van der Waals surface area contributed by atoms with E-state index < -0.39 is 17.8 Å². The summed E-state index contributed by atoms with van der Waals surface area (Å²) in [5.74, 6) is 0. The minimum Gasteiger partial charge on any atom is -0.393 e. The molecule has 2 unspecified atom stereocenters. The summed E-state index contributed by atoms with van der Waals surface area (Å²) in [7, 11) is 1.50. The minimum atomic E-state index is -4.35. The third-order valence-electron chi connectivity index (χ3n) is 2.90. The number of hydrogen-bond acceptors (Lipinski definition) is 3. The lowest BCUT2D eigenvalue weighted by Crippen LogP contribution is -2.28. The van der Waals surface area contributed by atoms with Crippen molar-refractivity contribution >= 4 is 0 Å². The van der Waals surface area contributed by atoms with Gasteiger partial charge in [-0.2, -0.15) is 13.2 Å². The molecule has 1 rings (SSSR count). The van der Waals surface area contributed by atoms with Gasteiger partial charge in [-0.15, -0.1) is 0 Å². The number of aliphatic hydroxyl groups is 1. The number of ether oxygens (including phenoxy) is 1.